The molecule has 1 unspecified atom stereocenters. The van der Waals surface area contributed by atoms with E-state index in [2.05, 4.69) is 11.8 Å². The summed E-state index contributed by atoms with van der Waals surface area (Å²) < 4.78 is 83.8. The van der Waals surface area contributed by atoms with Crippen molar-refractivity contribution in [3.63, 3.8) is 0 Å². The van der Waals surface area contributed by atoms with Gasteiger partial charge in [-0.15, -0.1) is 0 Å². The van der Waals surface area contributed by atoms with Gasteiger partial charge in [0.1, 0.15) is 19.3 Å². The number of piperazine rings is 1. The number of likely N-dealkylation sites (tertiary alicyclic amines) is 1. The number of carbonyl (C=O) groups excluding carboxylic acids is 3. The van der Waals surface area contributed by atoms with Crippen LogP contribution < -0.4 is 0 Å². The summed E-state index contributed by atoms with van der Waals surface area (Å²) in [6.45, 7) is 5.17. The van der Waals surface area contributed by atoms with Gasteiger partial charge in [-0.05, 0) is 61.8 Å². The Morgan fingerprint density at radius 3 is 2.02 bits per heavy atom. The summed E-state index contributed by atoms with van der Waals surface area (Å²) in [4.78, 5) is 44.3. The minimum absolute atomic E-state index is 0.0141. The Morgan fingerprint density at radius 1 is 0.844 bits per heavy atom. The van der Waals surface area contributed by atoms with Crippen molar-refractivity contribution in [1.29, 1.82) is 0 Å². The van der Waals surface area contributed by atoms with Crippen LogP contribution in [0.15, 0.2) is 48.5 Å². The Kier molecular flexibility index (Phi) is 11.0. The molecule has 2 aromatic carbocycles. The lowest BCUT2D eigenvalue weighted by Crippen LogP contribution is -2.67. The number of hydrogen-bond donors (Lipinski definition) is 0. The van der Waals surface area contributed by atoms with Gasteiger partial charge in [0.25, 0.3) is 0 Å². The number of fused-ring (bicyclic) bond motifs is 1. The number of rotatable bonds is 5. The molecule has 0 bridgehead atoms. The molecular weight excluding hydrogens is 606 g/mol. The quantitative estimate of drug-likeness (QED) is 0.389. The number of benzene rings is 2. The van der Waals surface area contributed by atoms with Crippen LogP contribution >= 0.6 is 0 Å². The van der Waals surface area contributed by atoms with Gasteiger partial charge >= 0.3 is 18.4 Å². The van der Waals surface area contributed by atoms with E-state index in [1.807, 2.05) is 18.2 Å². The fourth-order valence-corrected chi connectivity index (χ4v) is 5.55. The molecule has 45 heavy (non-hydrogen) atoms. The number of nitrogens with zero attached hydrogens (tertiary/aromatic N) is 4. The topological polar surface area (TPSA) is 73.4 Å². The molecule has 3 amide bonds. The molecule has 3 heterocycles. The smallest absolute Gasteiger partial charge is 0.416 e. The summed E-state index contributed by atoms with van der Waals surface area (Å²) in [7, 11) is 0. The van der Waals surface area contributed by atoms with Crippen LogP contribution in [0.25, 0.3) is 0 Å². The van der Waals surface area contributed by atoms with Gasteiger partial charge in [-0.3, -0.25) is 14.5 Å². The first kappa shape index (κ1) is 34.1. The number of amides is 3. The Labute approximate surface area is 257 Å². The van der Waals surface area contributed by atoms with E-state index in [1.54, 1.807) is 12.1 Å². The van der Waals surface area contributed by atoms with Crippen LogP contribution in [0.4, 0.5) is 31.1 Å². The Hall–Kier alpha value is -3.81. The SMILES string of the molecule is CCN1CCCCC1.O=C1CN2C(=O)CCN(C(=O)OCc3cc(C(F)(F)F)cc(C(F)(F)F)c3)C2CN1Cc1ccccc1. The fraction of sp³-hybridized carbons (Fsp3) is 0.516. The van der Waals surface area contributed by atoms with Crippen molar-refractivity contribution in [2.45, 2.75) is 64.3 Å². The van der Waals surface area contributed by atoms with E-state index >= 15 is 0 Å². The summed E-state index contributed by atoms with van der Waals surface area (Å²) in [5, 5.41) is 0. The van der Waals surface area contributed by atoms with Crippen molar-refractivity contribution in [3.8, 4) is 0 Å². The van der Waals surface area contributed by atoms with E-state index in [9.17, 15) is 40.7 Å². The lowest BCUT2D eigenvalue weighted by molar-refractivity contribution is -0.160. The second-order valence-electron chi connectivity index (χ2n) is 11.2. The summed E-state index contributed by atoms with van der Waals surface area (Å²) in [5.41, 5.74) is -2.72. The molecule has 3 aliphatic heterocycles. The standard InChI is InChI=1S/C24H21F6N3O4.C7H15N/c25-23(26,27)17-8-16(9-18(10-17)24(28,29)30)14-37-22(36)32-7-6-20(34)33-13-21(35)31(12-19(32)33)11-15-4-2-1-3-5-15;1-2-8-6-4-3-5-7-8/h1-5,8-10,19H,6-7,11-14H2;2-7H2,1H3. The molecular formula is C31H36F6N4O4. The molecule has 0 aromatic heterocycles. The predicted octanol–water partition coefficient (Wildman–Crippen LogP) is 5.76. The second kappa shape index (κ2) is 14.5. The normalized spacial score (nSPS) is 19.5. The average molecular weight is 643 g/mol. The zero-order valence-corrected chi connectivity index (χ0v) is 24.9. The summed E-state index contributed by atoms with van der Waals surface area (Å²) in [5.74, 6) is -0.679. The van der Waals surface area contributed by atoms with Crippen molar-refractivity contribution < 1.29 is 45.5 Å². The molecule has 3 saturated heterocycles. The first-order chi connectivity index (χ1) is 21.3. The van der Waals surface area contributed by atoms with Crippen molar-refractivity contribution in [1.82, 2.24) is 19.6 Å². The number of halogens is 6. The van der Waals surface area contributed by atoms with E-state index in [0.717, 1.165) is 10.5 Å². The number of hydrogen-bond acceptors (Lipinski definition) is 5. The zero-order valence-electron chi connectivity index (χ0n) is 24.9. The van der Waals surface area contributed by atoms with Crippen LogP contribution in [0.2, 0.25) is 0 Å². The first-order valence-electron chi connectivity index (χ1n) is 14.8. The third kappa shape index (κ3) is 9.12. The highest BCUT2D eigenvalue weighted by Crippen LogP contribution is 2.36. The van der Waals surface area contributed by atoms with Crippen LogP contribution in [-0.2, 0) is 39.8 Å². The first-order valence-corrected chi connectivity index (χ1v) is 14.8. The van der Waals surface area contributed by atoms with Gasteiger partial charge in [-0.1, -0.05) is 43.7 Å². The Bertz CT molecular complexity index is 1300. The predicted molar refractivity (Wildman–Crippen MR) is 151 cm³/mol. The van der Waals surface area contributed by atoms with Gasteiger partial charge < -0.3 is 19.4 Å². The van der Waals surface area contributed by atoms with E-state index in [1.165, 1.54) is 48.7 Å². The van der Waals surface area contributed by atoms with Crippen molar-refractivity contribution in [2.24, 2.45) is 0 Å². The molecule has 0 radical (unpaired) electrons. The van der Waals surface area contributed by atoms with E-state index < -0.39 is 47.9 Å². The highest BCUT2D eigenvalue weighted by molar-refractivity contribution is 5.88. The number of ether oxygens (including phenoxy) is 1. The van der Waals surface area contributed by atoms with Crippen LogP contribution in [0, 0.1) is 0 Å². The monoisotopic (exact) mass is 642 g/mol. The molecule has 2 aromatic rings. The zero-order chi connectivity index (χ0) is 32.8. The van der Waals surface area contributed by atoms with Gasteiger partial charge in [0, 0.05) is 19.5 Å². The van der Waals surface area contributed by atoms with Gasteiger partial charge in [0.05, 0.1) is 17.7 Å². The van der Waals surface area contributed by atoms with Crippen molar-refractivity contribution in [2.75, 3.05) is 39.3 Å². The van der Waals surface area contributed by atoms with Crippen LogP contribution in [0.1, 0.15) is 54.9 Å². The van der Waals surface area contributed by atoms with Gasteiger partial charge in [0.2, 0.25) is 11.8 Å². The minimum atomic E-state index is -5.04. The molecule has 0 aliphatic carbocycles. The maximum absolute atomic E-state index is 13.1. The third-order valence-corrected chi connectivity index (χ3v) is 8.00. The molecule has 1 atom stereocenters. The van der Waals surface area contributed by atoms with Crippen LogP contribution in [-0.4, -0.2) is 82.9 Å². The molecule has 14 heteroatoms. The van der Waals surface area contributed by atoms with E-state index in [0.29, 0.717) is 12.1 Å². The molecule has 8 nitrogen and oxygen atoms in total. The second-order valence-corrected chi connectivity index (χ2v) is 11.2. The largest absolute Gasteiger partial charge is 0.444 e. The number of alkyl halides is 6. The minimum Gasteiger partial charge on any atom is -0.444 e. The van der Waals surface area contributed by atoms with Crippen LogP contribution in [0.5, 0.6) is 0 Å². The highest BCUT2D eigenvalue weighted by Gasteiger charge is 2.44. The Morgan fingerprint density at radius 2 is 1.47 bits per heavy atom. The summed E-state index contributed by atoms with van der Waals surface area (Å²) >= 11 is 0. The maximum atomic E-state index is 13.1. The highest BCUT2D eigenvalue weighted by atomic mass is 19.4. The molecule has 3 fully saturated rings. The number of piperidine rings is 1. The third-order valence-electron chi connectivity index (χ3n) is 8.00. The van der Waals surface area contributed by atoms with Crippen LogP contribution in [0.3, 0.4) is 0 Å². The molecule has 0 N–H and O–H groups in total. The Balaban J connectivity index is 0.000000501. The van der Waals surface area contributed by atoms with Gasteiger partial charge in [-0.2, -0.15) is 26.3 Å². The lowest BCUT2D eigenvalue weighted by Gasteiger charge is -2.48. The lowest BCUT2D eigenvalue weighted by atomic mass is 10.1. The van der Waals surface area contributed by atoms with E-state index in [-0.39, 0.29) is 50.5 Å². The summed E-state index contributed by atoms with van der Waals surface area (Å²) in [6, 6.07) is 9.96. The van der Waals surface area contributed by atoms with E-state index in [4.69, 9.17) is 4.74 Å². The number of carbonyl (C=O) groups is 3. The van der Waals surface area contributed by atoms with Crippen molar-refractivity contribution in [3.05, 3.63) is 70.8 Å². The molecule has 3 aliphatic rings. The van der Waals surface area contributed by atoms with Gasteiger partial charge in [0.15, 0.2) is 0 Å². The van der Waals surface area contributed by atoms with Crippen molar-refractivity contribution >= 4 is 17.9 Å². The molecule has 0 spiro atoms. The molecule has 0 saturated carbocycles. The maximum Gasteiger partial charge on any atom is 0.416 e. The molecule has 5 rings (SSSR count). The average Bonchev–Trinajstić information content (AvgIpc) is 3.01. The fourth-order valence-electron chi connectivity index (χ4n) is 5.55. The molecule has 246 valence electrons. The van der Waals surface area contributed by atoms with Gasteiger partial charge in [-0.25, -0.2) is 4.79 Å². The summed E-state index contributed by atoms with van der Waals surface area (Å²) in [6.07, 6.45) is -7.79.